The van der Waals surface area contributed by atoms with Crippen LogP contribution in [0.4, 0.5) is 11.5 Å². The van der Waals surface area contributed by atoms with Crippen LogP contribution in [-0.2, 0) is 12.8 Å². The van der Waals surface area contributed by atoms with E-state index in [0.717, 1.165) is 23.5 Å². The number of aromatic nitrogens is 2. The highest BCUT2D eigenvalue weighted by molar-refractivity contribution is 7.11. The van der Waals surface area contributed by atoms with Crippen LogP contribution in [0.15, 0.2) is 48.8 Å². The second kappa shape index (κ2) is 7.25. The van der Waals surface area contributed by atoms with Crippen LogP contribution in [0.3, 0.4) is 0 Å². The Kier molecular flexibility index (Phi) is 4.67. The summed E-state index contributed by atoms with van der Waals surface area (Å²) in [5, 5.41) is 4.40. The lowest BCUT2D eigenvalue weighted by molar-refractivity contribution is 0.0990. The van der Waals surface area contributed by atoms with E-state index in [0.29, 0.717) is 24.5 Å². The average Bonchev–Trinajstić information content (AvgIpc) is 3.28. The van der Waals surface area contributed by atoms with E-state index in [1.165, 1.54) is 10.4 Å². The Balaban J connectivity index is 1.49. The molecule has 0 saturated carbocycles. The fourth-order valence-corrected chi connectivity index (χ4v) is 4.00. The first-order valence-corrected chi connectivity index (χ1v) is 9.54. The van der Waals surface area contributed by atoms with Gasteiger partial charge in [0.25, 0.3) is 5.91 Å². The first-order chi connectivity index (χ1) is 12.7. The van der Waals surface area contributed by atoms with Gasteiger partial charge in [-0.05, 0) is 37.1 Å². The van der Waals surface area contributed by atoms with E-state index in [1.54, 1.807) is 17.5 Å². The van der Waals surface area contributed by atoms with Gasteiger partial charge in [-0.1, -0.05) is 18.2 Å². The summed E-state index contributed by atoms with van der Waals surface area (Å²) in [5.41, 5.74) is 2.84. The molecule has 2 aromatic heterocycles. The van der Waals surface area contributed by atoms with Gasteiger partial charge in [-0.2, -0.15) is 0 Å². The predicted octanol–water partition coefficient (Wildman–Crippen LogP) is 3.70. The van der Waals surface area contributed by atoms with Crippen LogP contribution in [-0.4, -0.2) is 29.0 Å². The first-order valence-electron chi connectivity index (χ1n) is 8.72. The summed E-state index contributed by atoms with van der Waals surface area (Å²) in [6, 6.07) is 11.7. The topological polar surface area (TPSA) is 58.1 Å². The third kappa shape index (κ3) is 3.32. The van der Waals surface area contributed by atoms with Crippen molar-refractivity contribution < 1.29 is 4.79 Å². The molecule has 132 valence electrons. The number of fused-ring (bicyclic) bond motifs is 1. The zero-order valence-corrected chi connectivity index (χ0v) is 15.4. The summed E-state index contributed by atoms with van der Waals surface area (Å²) in [6.45, 7) is 3.46. The number of carbonyl (C=O) groups excluding carboxylic acids is 1. The Bertz CT molecular complexity index is 937. The van der Waals surface area contributed by atoms with Gasteiger partial charge in [0.1, 0.15) is 5.82 Å². The van der Waals surface area contributed by atoms with E-state index in [-0.39, 0.29) is 5.91 Å². The van der Waals surface area contributed by atoms with Gasteiger partial charge in [0.15, 0.2) is 0 Å². The highest BCUT2D eigenvalue weighted by atomic mass is 32.1. The number of nitrogens with one attached hydrogen (secondary N) is 1. The van der Waals surface area contributed by atoms with Crippen molar-refractivity contribution in [1.29, 1.82) is 0 Å². The maximum absolute atomic E-state index is 13.1. The Morgan fingerprint density at radius 1 is 1.23 bits per heavy atom. The minimum absolute atomic E-state index is 0.00403. The van der Waals surface area contributed by atoms with Crippen molar-refractivity contribution in [2.75, 3.05) is 23.3 Å². The molecule has 6 heteroatoms. The van der Waals surface area contributed by atoms with Crippen LogP contribution in [0, 0.1) is 6.92 Å². The highest BCUT2D eigenvalue weighted by Crippen LogP contribution is 2.29. The van der Waals surface area contributed by atoms with Crippen molar-refractivity contribution in [1.82, 2.24) is 9.97 Å². The van der Waals surface area contributed by atoms with Crippen LogP contribution in [0.1, 0.15) is 25.8 Å². The maximum atomic E-state index is 13.1. The van der Waals surface area contributed by atoms with Gasteiger partial charge >= 0.3 is 0 Å². The molecule has 1 aliphatic heterocycles. The van der Waals surface area contributed by atoms with Crippen molar-refractivity contribution in [3.8, 4) is 0 Å². The van der Waals surface area contributed by atoms with Gasteiger partial charge < -0.3 is 10.2 Å². The molecule has 0 saturated heterocycles. The van der Waals surface area contributed by atoms with E-state index in [1.807, 2.05) is 41.4 Å². The zero-order chi connectivity index (χ0) is 17.9. The first kappa shape index (κ1) is 16.7. The lowest BCUT2D eigenvalue weighted by Crippen LogP contribution is -2.30. The number of benzene rings is 1. The number of para-hydroxylation sites is 1. The van der Waals surface area contributed by atoms with Gasteiger partial charge in [-0.15, -0.1) is 11.3 Å². The number of nitrogens with zero attached hydrogens (tertiary/aromatic N) is 3. The number of anilines is 2. The monoisotopic (exact) mass is 364 g/mol. The Labute approximate surface area is 156 Å². The molecule has 0 bridgehead atoms. The number of hydrogen-bond donors (Lipinski definition) is 1. The molecule has 1 N–H and O–H groups in total. The Morgan fingerprint density at radius 2 is 2.12 bits per heavy atom. The third-order valence-electron chi connectivity index (χ3n) is 4.47. The minimum Gasteiger partial charge on any atom is -0.369 e. The van der Waals surface area contributed by atoms with E-state index in [9.17, 15) is 4.79 Å². The summed E-state index contributed by atoms with van der Waals surface area (Å²) in [7, 11) is 0. The largest absolute Gasteiger partial charge is 0.369 e. The number of amides is 1. The van der Waals surface area contributed by atoms with Crippen molar-refractivity contribution >= 4 is 28.7 Å². The second-order valence-corrected chi connectivity index (χ2v) is 7.60. The summed E-state index contributed by atoms with van der Waals surface area (Å²) >= 11 is 1.70. The molecular formula is C20H20N4OS. The van der Waals surface area contributed by atoms with Crippen molar-refractivity contribution in [3.63, 3.8) is 0 Å². The Hall–Kier alpha value is -2.73. The molecule has 0 fully saturated rings. The fourth-order valence-electron chi connectivity index (χ4n) is 3.22. The van der Waals surface area contributed by atoms with E-state index >= 15 is 0 Å². The molecule has 1 amide bonds. The molecule has 0 unspecified atom stereocenters. The smallest absolute Gasteiger partial charge is 0.262 e. The molecule has 0 radical (unpaired) electrons. The summed E-state index contributed by atoms with van der Waals surface area (Å²) < 4.78 is 0. The van der Waals surface area contributed by atoms with Gasteiger partial charge in [0.2, 0.25) is 0 Å². The van der Waals surface area contributed by atoms with Crippen LogP contribution < -0.4 is 10.2 Å². The molecule has 0 aliphatic carbocycles. The number of thiazole rings is 1. The zero-order valence-electron chi connectivity index (χ0n) is 14.6. The van der Waals surface area contributed by atoms with Crippen molar-refractivity contribution in [3.05, 3.63) is 69.8 Å². The SMILES string of the molecule is Cc1cnc(CCNc2ncccc2C(=O)N2CCc3ccccc32)s1. The van der Waals surface area contributed by atoms with Gasteiger partial charge in [0, 0.05) is 42.5 Å². The molecule has 0 atom stereocenters. The van der Waals surface area contributed by atoms with Gasteiger partial charge in [-0.3, -0.25) is 4.79 Å². The van der Waals surface area contributed by atoms with Crippen LogP contribution in [0.5, 0.6) is 0 Å². The van der Waals surface area contributed by atoms with E-state index < -0.39 is 0 Å². The standard InChI is InChI=1S/C20H20N4OS/c1-14-13-23-18(26-14)8-11-22-19-16(6-4-10-21-19)20(25)24-12-9-15-5-2-3-7-17(15)24/h2-7,10,13H,8-9,11-12H2,1H3,(H,21,22). The summed E-state index contributed by atoms with van der Waals surface area (Å²) in [4.78, 5) is 24.9. The second-order valence-electron chi connectivity index (χ2n) is 6.28. The normalized spacial score (nSPS) is 12.9. The molecule has 0 spiro atoms. The van der Waals surface area contributed by atoms with Gasteiger partial charge in [-0.25, -0.2) is 9.97 Å². The molecule has 26 heavy (non-hydrogen) atoms. The average molecular weight is 364 g/mol. The maximum Gasteiger partial charge on any atom is 0.262 e. The van der Waals surface area contributed by atoms with Crippen LogP contribution in [0.25, 0.3) is 0 Å². The quantitative estimate of drug-likeness (QED) is 0.750. The molecule has 5 nitrogen and oxygen atoms in total. The molecular weight excluding hydrogens is 344 g/mol. The summed E-state index contributed by atoms with van der Waals surface area (Å²) in [5.74, 6) is 0.630. The fraction of sp³-hybridized carbons (Fsp3) is 0.250. The van der Waals surface area contributed by atoms with Crippen molar-refractivity contribution in [2.45, 2.75) is 19.8 Å². The number of pyridine rings is 1. The lowest BCUT2D eigenvalue weighted by Gasteiger charge is -2.19. The number of hydrogen-bond acceptors (Lipinski definition) is 5. The lowest BCUT2D eigenvalue weighted by atomic mass is 10.1. The van der Waals surface area contributed by atoms with Crippen molar-refractivity contribution in [2.24, 2.45) is 0 Å². The van der Waals surface area contributed by atoms with Crippen LogP contribution in [0.2, 0.25) is 0 Å². The van der Waals surface area contributed by atoms with Gasteiger partial charge in [0.05, 0.1) is 10.6 Å². The summed E-state index contributed by atoms with van der Waals surface area (Å²) in [6.07, 6.45) is 5.31. The molecule has 4 rings (SSSR count). The predicted molar refractivity (Wildman–Crippen MR) is 105 cm³/mol. The number of rotatable bonds is 5. The molecule has 1 aromatic carbocycles. The highest BCUT2D eigenvalue weighted by Gasteiger charge is 2.26. The van der Waals surface area contributed by atoms with E-state index in [2.05, 4.69) is 28.3 Å². The Morgan fingerprint density at radius 3 is 2.96 bits per heavy atom. The molecule has 1 aliphatic rings. The molecule has 3 heterocycles. The van der Waals surface area contributed by atoms with E-state index in [4.69, 9.17) is 0 Å². The number of aryl methyl sites for hydroxylation is 1. The number of carbonyl (C=O) groups is 1. The van der Waals surface area contributed by atoms with Crippen LogP contribution >= 0.6 is 11.3 Å². The molecule has 3 aromatic rings. The third-order valence-corrected chi connectivity index (χ3v) is 5.44. The minimum atomic E-state index is -0.00403.